The molecule has 7 heteroatoms. The van der Waals surface area contributed by atoms with E-state index in [0.717, 1.165) is 12.8 Å². The van der Waals surface area contributed by atoms with Gasteiger partial charge in [0.25, 0.3) is 0 Å². The molecule has 0 aromatic carbocycles. The summed E-state index contributed by atoms with van der Waals surface area (Å²) in [5, 5.41) is 22.5. The van der Waals surface area contributed by atoms with E-state index in [0.29, 0.717) is 13.0 Å². The fourth-order valence-electron chi connectivity index (χ4n) is 0.887. The number of carbonyl (C=O) groups excluding carboxylic acids is 2. The van der Waals surface area contributed by atoms with Gasteiger partial charge < -0.3 is 25.1 Å². The molecule has 0 amide bonds. The molecule has 0 spiro atoms. The Balaban J connectivity index is -0.000000720. The summed E-state index contributed by atoms with van der Waals surface area (Å²) in [5.41, 5.74) is 0. The monoisotopic (exact) mass is 265 g/mol. The van der Waals surface area contributed by atoms with Crippen molar-refractivity contribution in [3.8, 4) is 0 Å². The molecule has 0 heterocycles. The summed E-state index contributed by atoms with van der Waals surface area (Å²) in [5.74, 6) is -2.17. The molecule has 0 aliphatic rings. The Labute approximate surface area is 175 Å². The van der Waals surface area contributed by atoms with E-state index >= 15 is 0 Å². The van der Waals surface area contributed by atoms with Crippen molar-refractivity contribution in [3.05, 3.63) is 0 Å². The van der Waals surface area contributed by atoms with Crippen LogP contribution in [0.2, 0.25) is 0 Å². The van der Waals surface area contributed by atoms with Crippen molar-refractivity contribution in [2.45, 2.75) is 25.7 Å². The Morgan fingerprint density at radius 2 is 1.53 bits per heavy atom. The first-order chi connectivity index (χ1) is 6.13. The molecular weight excluding hydrogens is 252 g/mol. The molecule has 0 radical (unpaired) electrons. The zero-order chi connectivity index (χ0) is 10.1. The number of nitrogens with one attached hydrogen (secondary N) is 1. The maximum absolute atomic E-state index is 9.96. The van der Waals surface area contributed by atoms with Crippen LogP contribution in [-0.4, -0.2) is 25.0 Å². The molecule has 76 valence electrons. The van der Waals surface area contributed by atoms with Gasteiger partial charge in [-0.3, -0.25) is 0 Å². The Bertz CT molecular complexity index is 160. The number of rotatable bonds is 8. The molecule has 0 rings (SSSR count). The third-order valence-corrected chi connectivity index (χ3v) is 1.50. The normalized spacial score (nSPS) is 8.53. The molecule has 0 aromatic heterocycles. The van der Waals surface area contributed by atoms with Crippen LogP contribution < -0.4 is 118 Å². The van der Waals surface area contributed by atoms with E-state index in [1.54, 1.807) is 0 Å². The van der Waals surface area contributed by atoms with Crippen LogP contribution in [0.1, 0.15) is 25.7 Å². The predicted molar refractivity (Wildman–Crippen MR) is 41.4 cm³/mol. The van der Waals surface area contributed by atoms with Crippen molar-refractivity contribution in [1.29, 1.82) is 0 Å². The quantitative estimate of drug-likeness (QED) is 0.348. The smallest absolute Gasteiger partial charge is 0.550 e. The molecule has 0 saturated heterocycles. The molecule has 0 bridgehead atoms. The van der Waals surface area contributed by atoms with E-state index in [1.807, 2.05) is 0 Å². The van der Waals surface area contributed by atoms with Crippen molar-refractivity contribution in [2.24, 2.45) is 0 Å². The van der Waals surface area contributed by atoms with Crippen molar-refractivity contribution < 1.29 is 123 Å². The average Bonchev–Trinajstić information content (AvgIpc) is 2.01. The first kappa shape index (κ1) is 22.4. The van der Waals surface area contributed by atoms with Crippen LogP contribution in [0.3, 0.4) is 0 Å². The zero-order valence-electron chi connectivity index (χ0n) is 9.38. The van der Waals surface area contributed by atoms with Gasteiger partial charge in [0.1, 0.15) is 0 Å². The maximum atomic E-state index is 9.96. The number of carbonyl (C=O) groups is 2. The Hall–Kier alpha value is 2.17. The second kappa shape index (κ2) is 16.2. The van der Waals surface area contributed by atoms with Gasteiger partial charge in [0.15, 0.2) is 0 Å². The molecule has 0 fully saturated rings. The molecule has 0 aromatic rings. The summed E-state index contributed by atoms with van der Waals surface area (Å²) in [4.78, 5) is 19.9. The molecule has 0 aliphatic heterocycles. The van der Waals surface area contributed by atoms with Gasteiger partial charge in [0.2, 0.25) is 0 Å². The Morgan fingerprint density at radius 3 is 2.00 bits per heavy atom. The van der Waals surface area contributed by atoms with Crippen molar-refractivity contribution in [3.63, 3.8) is 0 Å². The minimum atomic E-state index is -1.13. The largest absolute Gasteiger partial charge is 1.00 e. The Morgan fingerprint density at radius 1 is 0.933 bits per heavy atom. The number of unbranched alkanes of at least 4 members (excludes halogenated alkanes) is 2. The Kier molecular flexibility index (Phi) is 24.1. The van der Waals surface area contributed by atoms with E-state index in [1.165, 1.54) is 0 Å². The van der Waals surface area contributed by atoms with Gasteiger partial charge >= 0.3 is 103 Å². The van der Waals surface area contributed by atoms with Gasteiger partial charge in [-0.2, -0.15) is 0 Å². The van der Waals surface area contributed by atoms with Crippen LogP contribution in [0.5, 0.6) is 0 Å². The van der Waals surface area contributed by atoms with E-state index in [-0.39, 0.29) is 116 Å². The summed E-state index contributed by atoms with van der Waals surface area (Å²) in [6.07, 6.45) is 2.17. The molecule has 5 nitrogen and oxygen atoms in total. The van der Waals surface area contributed by atoms with Crippen molar-refractivity contribution in [2.75, 3.05) is 13.1 Å². The SMILES string of the molecule is O=C([O-])CCCCCNCC(=O)[O-].[K+].[K+]. The van der Waals surface area contributed by atoms with E-state index in [9.17, 15) is 19.8 Å². The summed E-state index contributed by atoms with van der Waals surface area (Å²) in [7, 11) is 0. The van der Waals surface area contributed by atoms with Gasteiger partial charge in [-0.1, -0.05) is 6.42 Å². The number of carboxylic acids is 2. The number of carboxylic acid groups (broad SMARTS) is 2. The minimum Gasteiger partial charge on any atom is -0.550 e. The van der Waals surface area contributed by atoms with E-state index in [4.69, 9.17) is 0 Å². The van der Waals surface area contributed by atoms with Crippen LogP contribution in [0.4, 0.5) is 0 Å². The first-order valence-corrected chi connectivity index (χ1v) is 4.23. The van der Waals surface area contributed by atoms with E-state index in [2.05, 4.69) is 5.32 Å². The maximum Gasteiger partial charge on any atom is 1.00 e. The van der Waals surface area contributed by atoms with Gasteiger partial charge in [-0.25, -0.2) is 0 Å². The van der Waals surface area contributed by atoms with Crippen molar-refractivity contribution >= 4 is 11.9 Å². The minimum absolute atomic E-state index is 0. The summed E-state index contributed by atoms with van der Waals surface area (Å²) >= 11 is 0. The van der Waals surface area contributed by atoms with Crippen molar-refractivity contribution in [1.82, 2.24) is 5.32 Å². The first-order valence-electron chi connectivity index (χ1n) is 4.23. The third kappa shape index (κ3) is 21.9. The van der Waals surface area contributed by atoms with Crippen LogP contribution in [-0.2, 0) is 9.59 Å². The summed E-state index contributed by atoms with van der Waals surface area (Å²) in [6, 6.07) is 0. The standard InChI is InChI=1S/C8H15NO4.2K/c10-7(11)4-2-1-3-5-9-6-8(12)13;;/h9H,1-6H2,(H,10,11)(H,12,13);;/q;2*+1/p-2. The zero-order valence-corrected chi connectivity index (χ0v) is 15.6. The van der Waals surface area contributed by atoms with Gasteiger partial charge in [-0.15, -0.1) is 0 Å². The fraction of sp³-hybridized carbons (Fsp3) is 0.750. The molecule has 0 aliphatic carbocycles. The summed E-state index contributed by atoms with van der Waals surface area (Å²) in [6.45, 7) is 0.418. The number of hydrogen-bond acceptors (Lipinski definition) is 5. The topological polar surface area (TPSA) is 92.3 Å². The molecular formula is C8H13K2NO4. The molecule has 0 unspecified atom stereocenters. The van der Waals surface area contributed by atoms with E-state index < -0.39 is 11.9 Å². The molecule has 0 atom stereocenters. The summed E-state index contributed by atoms with van der Waals surface area (Å²) < 4.78 is 0. The average molecular weight is 265 g/mol. The second-order valence-electron chi connectivity index (χ2n) is 2.73. The molecule has 1 N–H and O–H groups in total. The van der Waals surface area contributed by atoms with Crippen LogP contribution in [0.25, 0.3) is 0 Å². The van der Waals surface area contributed by atoms with Crippen LogP contribution >= 0.6 is 0 Å². The molecule has 15 heavy (non-hydrogen) atoms. The van der Waals surface area contributed by atoms with Crippen LogP contribution in [0, 0.1) is 0 Å². The fourth-order valence-corrected chi connectivity index (χ4v) is 0.887. The third-order valence-electron chi connectivity index (χ3n) is 1.50. The van der Waals surface area contributed by atoms with Gasteiger partial charge in [0.05, 0.1) is 5.97 Å². The number of hydrogen-bond donors (Lipinski definition) is 1. The second-order valence-corrected chi connectivity index (χ2v) is 2.73. The molecule has 0 saturated carbocycles. The predicted octanol–water partition coefficient (Wildman–Crippen LogP) is -8.36. The van der Waals surface area contributed by atoms with Crippen LogP contribution in [0.15, 0.2) is 0 Å². The van der Waals surface area contributed by atoms with Gasteiger partial charge in [-0.05, 0) is 25.8 Å². The number of aliphatic carboxylic acids is 2. The van der Waals surface area contributed by atoms with Gasteiger partial charge in [0, 0.05) is 12.5 Å².